The maximum absolute atomic E-state index is 12.2. The van der Waals surface area contributed by atoms with Crippen LogP contribution in [0.3, 0.4) is 0 Å². The molecule has 3 nitrogen and oxygen atoms in total. The van der Waals surface area contributed by atoms with E-state index in [2.05, 4.69) is 13.8 Å². The van der Waals surface area contributed by atoms with Crippen LogP contribution in [0.25, 0.3) is 0 Å². The number of rotatable bonds is 0. The van der Waals surface area contributed by atoms with E-state index in [1.54, 1.807) is 0 Å². The number of amides is 1. The number of likely N-dealkylation sites (tertiary alicyclic amines) is 1. The molecule has 2 atom stereocenters. The lowest BCUT2D eigenvalue weighted by Crippen LogP contribution is -2.40. The first-order valence-corrected chi connectivity index (χ1v) is 6.70. The zero-order chi connectivity index (χ0) is 12.8. The second-order valence-electron chi connectivity index (χ2n) is 7.20. The molecule has 1 saturated heterocycles. The summed E-state index contributed by atoms with van der Waals surface area (Å²) in [5.74, 6) is 0.662. The number of carbonyl (C=O) groups is 1. The van der Waals surface area contributed by atoms with Gasteiger partial charge >= 0.3 is 6.09 Å². The van der Waals surface area contributed by atoms with Crippen LogP contribution in [-0.4, -0.2) is 29.2 Å². The summed E-state index contributed by atoms with van der Waals surface area (Å²) in [6.07, 6.45) is 3.53. The molecule has 1 heterocycles. The van der Waals surface area contributed by atoms with E-state index in [1.807, 2.05) is 25.7 Å². The third-order valence-electron chi connectivity index (χ3n) is 4.09. The van der Waals surface area contributed by atoms with Gasteiger partial charge in [-0.2, -0.15) is 0 Å². The molecule has 1 amide bonds. The van der Waals surface area contributed by atoms with Crippen molar-refractivity contribution in [3.05, 3.63) is 0 Å². The molecule has 0 aromatic rings. The Bertz CT molecular complexity index is 317. The third kappa shape index (κ3) is 2.43. The molecule has 0 N–H and O–H groups in total. The van der Waals surface area contributed by atoms with Crippen molar-refractivity contribution in [2.45, 2.75) is 65.5 Å². The van der Waals surface area contributed by atoms with Gasteiger partial charge in [0.25, 0.3) is 0 Å². The van der Waals surface area contributed by atoms with E-state index in [0.29, 0.717) is 12.0 Å². The third-order valence-corrected chi connectivity index (χ3v) is 4.09. The van der Waals surface area contributed by atoms with Crippen LogP contribution < -0.4 is 0 Å². The van der Waals surface area contributed by atoms with Crippen molar-refractivity contribution in [2.75, 3.05) is 6.54 Å². The summed E-state index contributed by atoms with van der Waals surface area (Å²) in [6.45, 7) is 11.2. The Kier molecular flexibility index (Phi) is 2.91. The predicted octanol–water partition coefficient (Wildman–Crippen LogP) is 3.43. The molecular weight excluding hydrogens is 214 g/mol. The molecule has 17 heavy (non-hydrogen) atoms. The predicted molar refractivity (Wildman–Crippen MR) is 67.9 cm³/mol. The van der Waals surface area contributed by atoms with E-state index < -0.39 is 5.60 Å². The molecule has 0 bridgehead atoms. The minimum atomic E-state index is -0.391. The monoisotopic (exact) mass is 239 g/mol. The van der Waals surface area contributed by atoms with Gasteiger partial charge in [-0.1, -0.05) is 20.3 Å². The Labute approximate surface area is 105 Å². The summed E-state index contributed by atoms with van der Waals surface area (Å²) >= 11 is 0. The fraction of sp³-hybridized carbons (Fsp3) is 0.929. The Morgan fingerprint density at radius 3 is 2.53 bits per heavy atom. The normalized spacial score (nSPS) is 31.5. The molecule has 0 radical (unpaired) electrons. The molecule has 1 aliphatic heterocycles. The highest BCUT2D eigenvalue weighted by molar-refractivity contribution is 5.69. The lowest BCUT2D eigenvalue weighted by Gasteiger charge is -2.28. The summed E-state index contributed by atoms with van der Waals surface area (Å²) < 4.78 is 5.51. The smallest absolute Gasteiger partial charge is 0.410 e. The largest absolute Gasteiger partial charge is 0.444 e. The van der Waals surface area contributed by atoms with Gasteiger partial charge in [0, 0.05) is 12.6 Å². The van der Waals surface area contributed by atoms with Crippen molar-refractivity contribution in [2.24, 2.45) is 11.3 Å². The van der Waals surface area contributed by atoms with Crippen molar-refractivity contribution in [1.29, 1.82) is 0 Å². The van der Waals surface area contributed by atoms with Crippen LogP contribution in [0.2, 0.25) is 0 Å². The van der Waals surface area contributed by atoms with Crippen LogP contribution in [0.5, 0.6) is 0 Å². The van der Waals surface area contributed by atoms with Crippen molar-refractivity contribution in [3.63, 3.8) is 0 Å². The number of hydrogen-bond acceptors (Lipinski definition) is 2. The van der Waals surface area contributed by atoms with E-state index in [1.165, 1.54) is 12.8 Å². The lowest BCUT2D eigenvalue weighted by atomic mass is 9.80. The van der Waals surface area contributed by atoms with E-state index in [4.69, 9.17) is 4.74 Å². The number of fused-ring (bicyclic) bond motifs is 1. The second-order valence-corrected chi connectivity index (χ2v) is 7.20. The van der Waals surface area contributed by atoms with Crippen molar-refractivity contribution < 1.29 is 9.53 Å². The minimum Gasteiger partial charge on any atom is -0.444 e. The molecule has 2 rings (SSSR count). The van der Waals surface area contributed by atoms with E-state index in [9.17, 15) is 4.79 Å². The average Bonchev–Trinajstić information content (AvgIpc) is 2.66. The molecule has 1 saturated carbocycles. The Morgan fingerprint density at radius 1 is 1.29 bits per heavy atom. The van der Waals surface area contributed by atoms with Crippen LogP contribution in [0.15, 0.2) is 0 Å². The van der Waals surface area contributed by atoms with E-state index in [0.717, 1.165) is 13.0 Å². The highest BCUT2D eigenvalue weighted by Crippen LogP contribution is 2.48. The molecule has 2 fully saturated rings. The SMILES string of the molecule is CC(C)(C)OC(=O)N1CC(C)(C)C2CCCC21. The fourth-order valence-electron chi connectivity index (χ4n) is 3.42. The number of nitrogens with zero attached hydrogens (tertiary/aromatic N) is 1. The zero-order valence-corrected chi connectivity index (χ0v) is 11.7. The molecule has 2 unspecified atom stereocenters. The van der Waals surface area contributed by atoms with Gasteiger partial charge < -0.3 is 9.64 Å². The highest BCUT2D eigenvalue weighted by atomic mass is 16.6. The molecule has 0 spiro atoms. The first-order chi connectivity index (χ1) is 7.71. The molecule has 1 aliphatic carbocycles. The average molecular weight is 239 g/mol. The number of hydrogen-bond donors (Lipinski definition) is 0. The van der Waals surface area contributed by atoms with E-state index in [-0.39, 0.29) is 11.5 Å². The summed E-state index contributed by atoms with van der Waals surface area (Å²) in [6, 6.07) is 0.417. The van der Waals surface area contributed by atoms with Gasteiger partial charge in [-0.15, -0.1) is 0 Å². The molecule has 98 valence electrons. The van der Waals surface area contributed by atoms with Crippen LogP contribution in [-0.2, 0) is 4.74 Å². The van der Waals surface area contributed by atoms with Crippen molar-refractivity contribution >= 4 is 6.09 Å². The maximum Gasteiger partial charge on any atom is 0.410 e. The van der Waals surface area contributed by atoms with Gasteiger partial charge in [-0.05, 0) is 44.9 Å². The summed E-state index contributed by atoms with van der Waals surface area (Å²) in [5.41, 5.74) is -0.143. The Hall–Kier alpha value is -0.730. The van der Waals surface area contributed by atoms with Gasteiger partial charge in [-0.3, -0.25) is 0 Å². The first-order valence-electron chi connectivity index (χ1n) is 6.70. The first kappa shape index (κ1) is 12.7. The standard InChI is InChI=1S/C14H25NO2/c1-13(2,3)17-12(16)15-9-14(4,5)10-7-6-8-11(10)15/h10-11H,6-9H2,1-5H3. The number of ether oxygens (including phenoxy) is 1. The lowest BCUT2D eigenvalue weighted by molar-refractivity contribution is 0.0210. The van der Waals surface area contributed by atoms with Crippen molar-refractivity contribution in [3.8, 4) is 0 Å². The van der Waals surface area contributed by atoms with Gasteiger partial charge in [0.15, 0.2) is 0 Å². The van der Waals surface area contributed by atoms with E-state index >= 15 is 0 Å². The van der Waals surface area contributed by atoms with Gasteiger partial charge in [-0.25, -0.2) is 4.79 Å². The van der Waals surface area contributed by atoms with Gasteiger partial charge in [0.05, 0.1) is 0 Å². The summed E-state index contributed by atoms with van der Waals surface area (Å²) in [4.78, 5) is 14.2. The molecule has 2 aliphatic rings. The minimum absolute atomic E-state index is 0.125. The van der Waals surface area contributed by atoms with Crippen LogP contribution >= 0.6 is 0 Å². The van der Waals surface area contributed by atoms with Crippen LogP contribution in [0.4, 0.5) is 4.79 Å². The Balaban J connectivity index is 2.10. The zero-order valence-electron chi connectivity index (χ0n) is 11.7. The van der Waals surface area contributed by atoms with Gasteiger partial charge in [0.1, 0.15) is 5.60 Å². The van der Waals surface area contributed by atoms with Gasteiger partial charge in [0.2, 0.25) is 0 Å². The number of carbonyl (C=O) groups excluding carboxylic acids is 1. The topological polar surface area (TPSA) is 29.5 Å². The van der Waals surface area contributed by atoms with Crippen LogP contribution in [0, 0.1) is 11.3 Å². The molecule has 0 aromatic carbocycles. The fourth-order valence-corrected chi connectivity index (χ4v) is 3.42. The quantitative estimate of drug-likeness (QED) is 0.648. The maximum atomic E-state index is 12.2. The molecule has 3 heteroatoms. The second kappa shape index (κ2) is 3.89. The summed E-state index contributed by atoms with van der Waals surface area (Å²) in [7, 11) is 0. The summed E-state index contributed by atoms with van der Waals surface area (Å²) in [5, 5.41) is 0. The van der Waals surface area contributed by atoms with Crippen molar-refractivity contribution in [1.82, 2.24) is 4.90 Å². The highest BCUT2D eigenvalue weighted by Gasteiger charge is 2.51. The molecule has 0 aromatic heterocycles. The Morgan fingerprint density at radius 2 is 1.94 bits per heavy atom. The van der Waals surface area contributed by atoms with Crippen LogP contribution in [0.1, 0.15) is 53.9 Å². The molecular formula is C14H25NO2.